The molecule has 0 bridgehead atoms. The van der Waals surface area contributed by atoms with Crippen molar-refractivity contribution in [2.24, 2.45) is 5.92 Å². The van der Waals surface area contributed by atoms with Gasteiger partial charge in [0.2, 0.25) is 11.8 Å². The zero-order valence-electron chi connectivity index (χ0n) is 14.6. The van der Waals surface area contributed by atoms with E-state index in [1.165, 1.54) is 11.3 Å². The van der Waals surface area contributed by atoms with Crippen molar-refractivity contribution >= 4 is 38.5 Å². The number of rotatable bonds is 5. The smallest absolute Gasteiger partial charge is 0.243 e. The fourth-order valence-corrected chi connectivity index (χ4v) is 4.04. The summed E-state index contributed by atoms with van der Waals surface area (Å²) in [6, 6.07) is 7.61. The molecule has 0 aliphatic carbocycles. The number of carbonyl (C=O) groups is 2. The van der Waals surface area contributed by atoms with Gasteiger partial charge in [0, 0.05) is 12.5 Å². The lowest BCUT2D eigenvalue weighted by atomic mass is 9.95. The first kappa shape index (κ1) is 17.8. The van der Waals surface area contributed by atoms with Gasteiger partial charge in [-0.05, 0) is 51.9 Å². The van der Waals surface area contributed by atoms with E-state index in [1.807, 2.05) is 38.1 Å². The molecule has 1 aliphatic rings. The number of likely N-dealkylation sites (tertiary alicyclic amines) is 1. The fourth-order valence-electron chi connectivity index (χ4n) is 3.17. The van der Waals surface area contributed by atoms with E-state index in [9.17, 15) is 9.59 Å². The molecule has 0 saturated carbocycles. The van der Waals surface area contributed by atoms with Gasteiger partial charge in [-0.15, -0.1) is 0 Å². The summed E-state index contributed by atoms with van der Waals surface area (Å²) < 4.78 is 1.06. The van der Waals surface area contributed by atoms with Gasteiger partial charge in [-0.25, -0.2) is 4.98 Å². The Morgan fingerprint density at radius 3 is 2.72 bits per heavy atom. The number of nitrogens with zero attached hydrogens (tertiary/aromatic N) is 2. The van der Waals surface area contributed by atoms with E-state index >= 15 is 0 Å². The Morgan fingerprint density at radius 2 is 2.04 bits per heavy atom. The summed E-state index contributed by atoms with van der Waals surface area (Å²) in [7, 11) is 0. The third-order valence-corrected chi connectivity index (χ3v) is 5.65. The second-order valence-corrected chi connectivity index (χ2v) is 7.39. The van der Waals surface area contributed by atoms with Gasteiger partial charge in [-0.1, -0.05) is 23.5 Å². The molecule has 6 nitrogen and oxygen atoms in total. The second-order valence-electron chi connectivity index (χ2n) is 6.36. The molecule has 2 N–H and O–H groups in total. The van der Waals surface area contributed by atoms with Crippen molar-refractivity contribution in [1.82, 2.24) is 15.2 Å². The molecule has 1 aliphatic heterocycles. The summed E-state index contributed by atoms with van der Waals surface area (Å²) in [5, 5.41) is 6.45. The first-order valence-corrected chi connectivity index (χ1v) is 9.58. The molecule has 1 saturated heterocycles. The van der Waals surface area contributed by atoms with Crippen molar-refractivity contribution in [2.75, 3.05) is 25.0 Å². The van der Waals surface area contributed by atoms with Crippen LogP contribution in [0, 0.1) is 5.92 Å². The number of fused-ring (bicyclic) bond motifs is 1. The average Bonchev–Trinajstić information content (AvgIpc) is 3.03. The van der Waals surface area contributed by atoms with Crippen LogP contribution in [0.4, 0.5) is 5.13 Å². The summed E-state index contributed by atoms with van der Waals surface area (Å²) >= 11 is 1.48. The molecule has 2 amide bonds. The topological polar surface area (TPSA) is 74.3 Å². The number of piperidine rings is 1. The number of anilines is 1. The SMILES string of the molecule is CCNC(=O)C1CCN(C(C)C(=O)Nc2nc3ccccc3s2)CC1. The van der Waals surface area contributed by atoms with Crippen molar-refractivity contribution in [3.05, 3.63) is 24.3 Å². The Hall–Kier alpha value is -1.99. The van der Waals surface area contributed by atoms with Gasteiger partial charge in [0.1, 0.15) is 0 Å². The Kier molecular flexibility index (Phi) is 5.65. The summed E-state index contributed by atoms with van der Waals surface area (Å²) in [5.41, 5.74) is 0.901. The summed E-state index contributed by atoms with van der Waals surface area (Å²) in [5.74, 6) is 0.153. The highest BCUT2D eigenvalue weighted by Crippen LogP contribution is 2.26. The van der Waals surface area contributed by atoms with Gasteiger partial charge in [0.15, 0.2) is 5.13 Å². The van der Waals surface area contributed by atoms with Crippen LogP contribution in [-0.2, 0) is 9.59 Å². The molecule has 3 rings (SSSR count). The molecule has 2 heterocycles. The van der Waals surface area contributed by atoms with E-state index in [1.54, 1.807) is 0 Å². The highest BCUT2D eigenvalue weighted by molar-refractivity contribution is 7.22. The van der Waals surface area contributed by atoms with Gasteiger partial charge in [0.05, 0.1) is 16.3 Å². The molecular formula is C18H24N4O2S. The number of thiazole rings is 1. The number of benzene rings is 1. The minimum atomic E-state index is -0.234. The maximum atomic E-state index is 12.5. The molecular weight excluding hydrogens is 336 g/mol. The Labute approximate surface area is 151 Å². The average molecular weight is 360 g/mol. The van der Waals surface area contributed by atoms with E-state index in [-0.39, 0.29) is 23.8 Å². The van der Waals surface area contributed by atoms with Crippen molar-refractivity contribution in [2.45, 2.75) is 32.7 Å². The molecule has 1 aromatic heterocycles. The van der Waals surface area contributed by atoms with E-state index < -0.39 is 0 Å². The maximum absolute atomic E-state index is 12.5. The Bertz CT molecular complexity index is 719. The summed E-state index contributed by atoms with van der Waals surface area (Å²) in [6.07, 6.45) is 1.59. The number of hydrogen-bond donors (Lipinski definition) is 2. The summed E-state index contributed by atoms with van der Waals surface area (Å²) in [6.45, 7) is 6.03. The van der Waals surface area contributed by atoms with Crippen molar-refractivity contribution in [3.63, 3.8) is 0 Å². The van der Waals surface area contributed by atoms with E-state index in [2.05, 4.69) is 20.5 Å². The van der Waals surface area contributed by atoms with Crippen LogP contribution < -0.4 is 10.6 Å². The normalized spacial score (nSPS) is 17.4. The van der Waals surface area contributed by atoms with Gasteiger partial charge in [-0.3, -0.25) is 14.5 Å². The van der Waals surface area contributed by atoms with Gasteiger partial charge in [0.25, 0.3) is 0 Å². The molecule has 1 aromatic carbocycles. The van der Waals surface area contributed by atoms with Crippen LogP contribution in [0.25, 0.3) is 10.2 Å². The monoisotopic (exact) mass is 360 g/mol. The predicted molar refractivity (Wildman–Crippen MR) is 101 cm³/mol. The molecule has 25 heavy (non-hydrogen) atoms. The molecule has 2 aromatic rings. The highest BCUT2D eigenvalue weighted by Gasteiger charge is 2.29. The molecule has 134 valence electrons. The lowest BCUT2D eigenvalue weighted by Crippen LogP contribution is -2.48. The Balaban J connectivity index is 1.55. The van der Waals surface area contributed by atoms with Crippen molar-refractivity contribution in [1.29, 1.82) is 0 Å². The van der Waals surface area contributed by atoms with Crippen LogP contribution in [0.3, 0.4) is 0 Å². The van der Waals surface area contributed by atoms with Crippen LogP contribution in [0.2, 0.25) is 0 Å². The predicted octanol–water partition coefficient (Wildman–Crippen LogP) is 2.47. The van der Waals surface area contributed by atoms with E-state index in [0.717, 1.165) is 36.1 Å². The minimum Gasteiger partial charge on any atom is -0.356 e. The van der Waals surface area contributed by atoms with Crippen LogP contribution in [0.5, 0.6) is 0 Å². The van der Waals surface area contributed by atoms with Crippen LogP contribution in [0.1, 0.15) is 26.7 Å². The first-order chi connectivity index (χ1) is 12.1. The lowest BCUT2D eigenvalue weighted by molar-refractivity contribution is -0.127. The van der Waals surface area contributed by atoms with Gasteiger partial charge >= 0.3 is 0 Å². The number of carbonyl (C=O) groups excluding carboxylic acids is 2. The number of para-hydroxylation sites is 1. The molecule has 1 fully saturated rings. The maximum Gasteiger partial charge on any atom is 0.243 e. The lowest BCUT2D eigenvalue weighted by Gasteiger charge is -2.34. The molecule has 1 unspecified atom stereocenters. The van der Waals surface area contributed by atoms with Crippen molar-refractivity contribution in [3.8, 4) is 0 Å². The highest BCUT2D eigenvalue weighted by atomic mass is 32.1. The standard InChI is InChI=1S/C18H24N4O2S/c1-3-19-17(24)13-8-10-22(11-9-13)12(2)16(23)21-18-20-14-6-4-5-7-15(14)25-18/h4-7,12-13H,3,8-11H2,1-2H3,(H,19,24)(H,20,21,23). The molecule has 0 radical (unpaired) electrons. The fraction of sp³-hybridized carbons (Fsp3) is 0.500. The third-order valence-electron chi connectivity index (χ3n) is 4.70. The van der Waals surface area contributed by atoms with Crippen LogP contribution >= 0.6 is 11.3 Å². The van der Waals surface area contributed by atoms with Crippen molar-refractivity contribution < 1.29 is 9.59 Å². The number of hydrogen-bond acceptors (Lipinski definition) is 5. The minimum absolute atomic E-state index is 0.0458. The quantitative estimate of drug-likeness (QED) is 0.859. The number of nitrogens with one attached hydrogen (secondary N) is 2. The Morgan fingerprint density at radius 1 is 1.32 bits per heavy atom. The zero-order chi connectivity index (χ0) is 17.8. The van der Waals surface area contributed by atoms with Crippen LogP contribution in [-0.4, -0.2) is 47.4 Å². The zero-order valence-corrected chi connectivity index (χ0v) is 15.4. The van der Waals surface area contributed by atoms with Crippen LogP contribution in [0.15, 0.2) is 24.3 Å². The largest absolute Gasteiger partial charge is 0.356 e. The summed E-state index contributed by atoms with van der Waals surface area (Å²) in [4.78, 5) is 31.0. The van der Waals surface area contributed by atoms with E-state index in [4.69, 9.17) is 0 Å². The first-order valence-electron chi connectivity index (χ1n) is 8.76. The van der Waals surface area contributed by atoms with E-state index in [0.29, 0.717) is 11.7 Å². The van der Waals surface area contributed by atoms with Gasteiger partial charge in [-0.2, -0.15) is 0 Å². The second kappa shape index (κ2) is 7.93. The number of amides is 2. The number of aromatic nitrogens is 1. The molecule has 1 atom stereocenters. The third kappa shape index (κ3) is 4.16. The molecule has 0 spiro atoms. The molecule has 7 heteroatoms. The van der Waals surface area contributed by atoms with Gasteiger partial charge < -0.3 is 10.6 Å².